The second kappa shape index (κ2) is 8.71. The molecule has 6 nitrogen and oxygen atoms in total. The number of nitrogens with zero attached hydrogens (tertiary/aromatic N) is 2. The quantitative estimate of drug-likeness (QED) is 0.553. The topological polar surface area (TPSA) is 72.6 Å². The van der Waals surface area contributed by atoms with Gasteiger partial charge in [0, 0.05) is 30.5 Å². The fourth-order valence-corrected chi connectivity index (χ4v) is 3.82. The first-order chi connectivity index (χ1) is 15.0. The average Bonchev–Trinajstić information content (AvgIpc) is 3.21. The van der Waals surface area contributed by atoms with Gasteiger partial charge >= 0.3 is 0 Å². The summed E-state index contributed by atoms with van der Waals surface area (Å²) >= 11 is 0. The van der Waals surface area contributed by atoms with Crippen molar-refractivity contribution in [2.24, 2.45) is 0 Å². The number of aromatic nitrogens is 1. The Morgan fingerprint density at radius 1 is 1.16 bits per heavy atom. The van der Waals surface area contributed by atoms with Crippen LogP contribution < -0.4 is 4.74 Å². The van der Waals surface area contributed by atoms with Crippen LogP contribution in [0.15, 0.2) is 47.0 Å². The molecule has 1 aromatic heterocycles. The predicted octanol–water partition coefficient (Wildman–Crippen LogP) is 4.35. The van der Waals surface area contributed by atoms with Crippen LogP contribution in [0.3, 0.4) is 0 Å². The van der Waals surface area contributed by atoms with Crippen LogP contribution in [-0.2, 0) is 17.8 Å². The third kappa shape index (κ3) is 4.35. The third-order valence-electron chi connectivity index (χ3n) is 5.52. The molecule has 31 heavy (non-hydrogen) atoms. The molecule has 0 spiro atoms. The Morgan fingerprint density at radius 3 is 2.68 bits per heavy atom. The largest absolute Gasteiger partial charge is 0.496 e. The lowest BCUT2D eigenvalue weighted by molar-refractivity contribution is -0.132. The number of hydrogen-bond donors (Lipinski definition) is 0. The summed E-state index contributed by atoms with van der Waals surface area (Å²) in [4.78, 5) is 27.1. The molecule has 0 N–H and O–H groups in total. The van der Waals surface area contributed by atoms with Crippen molar-refractivity contribution in [2.45, 2.75) is 32.7 Å². The van der Waals surface area contributed by atoms with Crippen LogP contribution in [0, 0.1) is 12.7 Å². The van der Waals surface area contributed by atoms with Gasteiger partial charge in [-0.15, -0.1) is 0 Å². The van der Waals surface area contributed by atoms with Gasteiger partial charge in [-0.05, 0) is 49.7 Å². The zero-order chi connectivity index (χ0) is 22.0. The minimum Gasteiger partial charge on any atom is -0.496 e. The van der Waals surface area contributed by atoms with E-state index in [1.807, 2.05) is 13.0 Å². The molecule has 0 radical (unpaired) electrons. The van der Waals surface area contributed by atoms with Gasteiger partial charge in [0.2, 0.25) is 5.91 Å². The summed E-state index contributed by atoms with van der Waals surface area (Å²) < 4.78 is 23.9. The molecule has 0 unspecified atom stereocenters. The summed E-state index contributed by atoms with van der Waals surface area (Å²) in [5.41, 5.74) is 3.85. The molecule has 1 amide bonds. The first-order valence-electron chi connectivity index (χ1n) is 10.1. The maximum absolute atomic E-state index is 13.2. The van der Waals surface area contributed by atoms with Gasteiger partial charge in [0.25, 0.3) is 0 Å². The van der Waals surface area contributed by atoms with E-state index in [0.29, 0.717) is 42.3 Å². The van der Waals surface area contributed by atoms with E-state index in [1.54, 1.807) is 29.2 Å². The number of Topliss-reactive ketones (excluding diaryl/α,β-unsaturated/α-hetero) is 1. The lowest BCUT2D eigenvalue weighted by Crippen LogP contribution is -2.36. The second-order valence-electron chi connectivity index (χ2n) is 7.64. The zero-order valence-corrected chi connectivity index (χ0v) is 17.5. The zero-order valence-electron chi connectivity index (χ0n) is 17.5. The number of ether oxygens (including phenoxy) is 1. The summed E-state index contributed by atoms with van der Waals surface area (Å²) in [5.74, 6) is 0.598. The number of carbonyl (C=O) groups is 2. The number of benzene rings is 2. The van der Waals surface area contributed by atoms with E-state index in [2.05, 4.69) is 5.16 Å². The van der Waals surface area contributed by atoms with Crippen LogP contribution in [0.5, 0.6) is 5.75 Å². The Morgan fingerprint density at radius 2 is 1.94 bits per heavy atom. The summed E-state index contributed by atoms with van der Waals surface area (Å²) in [7, 11) is 1.52. The molecule has 0 atom stereocenters. The molecule has 0 fully saturated rings. The van der Waals surface area contributed by atoms with E-state index < -0.39 is 0 Å². The second-order valence-corrected chi connectivity index (χ2v) is 7.64. The summed E-state index contributed by atoms with van der Waals surface area (Å²) in [6, 6.07) is 11.5. The molecule has 7 heteroatoms. The highest BCUT2D eigenvalue weighted by molar-refractivity contribution is 6.00. The Bertz CT molecular complexity index is 1120. The Kier molecular flexibility index (Phi) is 5.84. The molecule has 2 heterocycles. The van der Waals surface area contributed by atoms with Gasteiger partial charge in [-0.2, -0.15) is 0 Å². The van der Waals surface area contributed by atoms with E-state index in [4.69, 9.17) is 9.26 Å². The van der Waals surface area contributed by atoms with E-state index >= 15 is 0 Å². The Hall–Kier alpha value is -3.48. The first-order valence-corrected chi connectivity index (χ1v) is 10.1. The van der Waals surface area contributed by atoms with E-state index in [9.17, 15) is 14.0 Å². The smallest absolute Gasteiger partial charge is 0.223 e. The highest BCUT2D eigenvalue weighted by atomic mass is 19.1. The number of fused-ring (bicyclic) bond motifs is 1. The monoisotopic (exact) mass is 422 g/mol. The minimum absolute atomic E-state index is 0.100. The number of ketones is 1. The third-order valence-corrected chi connectivity index (χ3v) is 5.52. The van der Waals surface area contributed by atoms with Crippen molar-refractivity contribution >= 4 is 11.7 Å². The molecule has 0 aliphatic carbocycles. The Labute approximate surface area is 179 Å². The highest BCUT2D eigenvalue weighted by Gasteiger charge is 2.27. The molecule has 4 rings (SSSR count). The van der Waals surface area contributed by atoms with Crippen molar-refractivity contribution in [3.8, 4) is 17.1 Å². The van der Waals surface area contributed by atoms with Gasteiger partial charge in [0.15, 0.2) is 11.5 Å². The Balaban J connectivity index is 1.40. The number of carbonyl (C=O) groups excluding carboxylic acids is 2. The standard InChI is InChI=1S/C24H23FN2O4/c1-15-3-9-22(30-2)19(13-15)21(28)8-10-23(29)27-12-11-18-20(14-27)26-31-24(18)16-4-6-17(25)7-5-16/h3-7,9,13H,8,10-12,14H2,1-2H3. The van der Waals surface area contributed by atoms with Crippen LogP contribution >= 0.6 is 0 Å². The van der Waals surface area contributed by atoms with Crippen molar-refractivity contribution < 1.29 is 23.2 Å². The van der Waals surface area contributed by atoms with E-state index in [0.717, 1.165) is 16.7 Å². The number of rotatable bonds is 6. The van der Waals surface area contributed by atoms with Crippen molar-refractivity contribution in [3.05, 3.63) is 70.7 Å². The fourth-order valence-electron chi connectivity index (χ4n) is 3.82. The number of halogens is 1. The maximum atomic E-state index is 13.2. The molecule has 0 saturated heterocycles. The van der Waals surface area contributed by atoms with Gasteiger partial charge in [-0.3, -0.25) is 9.59 Å². The van der Waals surface area contributed by atoms with Crippen LogP contribution in [-0.4, -0.2) is 35.4 Å². The molecule has 1 aliphatic heterocycles. The maximum Gasteiger partial charge on any atom is 0.223 e. The van der Waals surface area contributed by atoms with Gasteiger partial charge in [0.1, 0.15) is 17.3 Å². The molecule has 160 valence electrons. The normalized spacial score (nSPS) is 13.1. The van der Waals surface area contributed by atoms with E-state index in [-0.39, 0.29) is 30.3 Å². The molecular weight excluding hydrogens is 399 g/mol. The molecule has 0 saturated carbocycles. The molecule has 0 bridgehead atoms. The van der Waals surface area contributed by atoms with Crippen LogP contribution in [0.2, 0.25) is 0 Å². The lowest BCUT2D eigenvalue weighted by Gasteiger charge is -2.26. The van der Waals surface area contributed by atoms with Crippen molar-refractivity contribution in [1.82, 2.24) is 10.1 Å². The molecule has 2 aromatic carbocycles. The van der Waals surface area contributed by atoms with Crippen LogP contribution in [0.1, 0.15) is 40.0 Å². The molecule has 3 aromatic rings. The SMILES string of the molecule is COc1ccc(C)cc1C(=O)CCC(=O)N1CCc2c(noc2-c2ccc(F)cc2)C1. The van der Waals surface area contributed by atoms with Gasteiger partial charge < -0.3 is 14.2 Å². The predicted molar refractivity (Wildman–Crippen MR) is 112 cm³/mol. The average molecular weight is 422 g/mol. The van der Waals surface area contributed by atoms with Gasteiger partial charge in [-0.25, -0.2) is 4.39 Å². The highest BCUT2D eigenvalue weighted by Crippen LogP contribution is 2.31. The molecule has 1 aliphatic rings. The number of hydrogen-bond acceptors (Lipinski definition) is 5. The van der Waals surface area contributed by atoms with Gasteiger partial charge in [-0.1, -0.05) is 16.8 Å². The number of methoxy groups -OCH3 is 1. The fraction of sp³-hybridized carbons (Fsp3) is 0.292. The summed E-state index contributed by atoms with van der Waals surface area (Å²) in [5, 5.41) is 4.12. The van der Waals surface area contributed by atoms with E-state index in [1.165, 1.54) is 19.2 Å². The van der Waals surface area contributed by atoms with Gasteiger partial charge in [0.05, 0.1) is 19.2 Å². The first kappa shape index (κ1) is 20.8. The minimum atomic E-state index is -0.313. The number of aryl methyl sites for hydroxylation is 1. The molecular formula is C24H23FN2O4. The van der Waals surface area contributed by atoms with Crippen LogP contribution in [0.25, 0.3) is 11.3 Å². The number of amides is 1. The van der Waals surface area contributed by atoms with Crippen LogP contribution in [0.4, 0.5) is 4.39 Å². The van der Waals surface area contributed by atoms with Crippen molar-refractivity contribution in [3.63, 3.8) is 0 Å². The van der Waals surface area contributed by atoms with Crippen molar-refractivity contribution in [1.29, 1.82) is 0 Å². The summed E-state index contributed by atoms with van der Waals surface area (Å²) in [6.07, 6.45) is 0.826. The lowest BCUT2D eigenvalue weighted by atomic mass is 9.99. The summed E-state index contributed by atoms with van der Waals surface area (Å²) in [6.45, 7) is 2.76. The van der Waals surface area contributed by atoms with Crippen molar-refractivity contribution in [2.75, 3.05) is 13.7 Å².